The van der Waals surface area contributed by atoms with Gasteiger partial charge in [0.25, 0.3) is 10.0 Å². The zero-order chi connectivity index (χ0) is 22.6. The molecule has 0 radical (unpaired) electrons. The zero-order valence-electron chi connectivity index (χ0n) is 17.4. The maximum Gasteiger partial charge on any atom is 0.323 e. The molecule has 0 bridgehead atoms. The van der Waals surface area contributed by atoms with E-state index in [2.05, 4.69) is 15.4 Å². The minimum atomic E-state index is -3.82. The molecule has 0 unspecified atom stereocenters. The van der Waals surface area contributed by atoms with Gasteiger partial charge >= 0.3 is 6.03 Å². The third-order valence-corrected chi connectivity index (χ3v) is 6.11. The van der Waals surface area contributed by atoms with Crippen molar-refractivity contribution in [3.05, 3.63) is 72.3 Å². The van der Waals surface area contributed by atoms with E-state index in [9.17, 15) is 13.2 Å². The summed E-state index contributed by atoms with van der Waals surface area (Å²) in [6.45, 7) is 2.96. The summed E-state index contributed by atoms with van der Waals surface area (Å²) in [6, 6.07) is 17.9. The maximum absolute atomic E-state index is 12.8. The summed E-state index contributed by atoms with van der Waals surface area (Å²) in [5, 5.41) is 5.45. The van der Waals surface area contributed by atoms with Gasteiger partial charge in [0.15, 0.2) is 11.5 Å². The van der Waals surface area contributed by atoms with E-state index < -0.39 is 16.1 Å². The summed E-state index contributed by atoms with van der Waals surface area (Å²) >= 11 is 0. The normalized spacial score (nSPS) is 13.0. The van der Waals surface area contributed by atoms with Crippen molar-refractivity contribution in [1.82, 2.24) is 0 Å². The number of aryl methyl sites for hydroxylation is 1. The second-order valence-electron chi connectivity index (χ2n) is 7.29. The van der Waals surface area contributed by atoms with E-state index >= 15 is 0 Å². The average molecular weight is 454 g/mol. The molecule has 2 amide bonds. The number of sulfonamides is 1. The first-order valence-corrected chi connectivity index (χ1v) is 11.5. The Balaban J connectivity index is 1.40. The molecule has 1 aliphatic heterocycles. The van der Waals surface area contributed by atoms with Crippen molar-refractivity contribution < 1.29 is 22.7 Å². The van der Waals surface area contributed by atoms with Gasteiger partial charge in [0.1, 0.15) is 0 Å². The van der Waals surface area contributed by atoms with Crippen LogP contribution in [0.3, 0.4) is 0 Å². The van der Waals surface area contributed by atoms with Gasteiger partial charge in [0, 0.05) is 29.5 Å². The first kappa shape index (κ1) is 21.5. The molecular weight excluding hydrogens is 430 g/mol. The lowest BCUT2D eigenvalue weighted by Gasteiger charge is -2.12. The highest BCUT2D eigenvalue weighted by atomic mass is 32.2. The molecule has 4 rings (SSSR count). The van der Waals surface area contributed by atoms with Crippen LogP contribution < -0.4 is 24.8 Å². The van der Waals surface area contributed by atoms with Crippen LogP contribution in [0.15, 0.2) is 71.6 Å². The summed E-state index contributed by atoms with van der Waals surface area (Å²) in [5.74, 6) is 0.935. The van der Waals surface area contributed by atoms with E-state index in [-0.39, 0.29) is 4.90 Å². The van der Waals surface area contributed by atoms with Gasteiger partial charge in [-0.25, -0.2) is 13.2 Å². The Hall–Kier alpha value is -3.72. The number of anilines is 3. The van der Waals surface area contributed by atoms with Crippen LogP contribution in [0.5, 0.6) is 11.5 Å². The lowest BCUT2D eigenvalue weighted by Crippen LogP contribution is -2.19. The highest BCUT2D eigenvalue weighted by Gasteiger charge is 2.19. The number of carbonyl (C=O) groups is 1. The average Bonchev–Trinajstić information content (AvgIpc) is 3.01. The van der Waals surface area contributed by atoms with Crippen molar-refractivity contribution in [2.45, 2.75) is 18.2 Å². The fourth-order valence-corrected chi connectivity index (χ4v) is 4.15. The van der Waals surface area contributed by atoms with Crippen LogP contribution in [0.25, 0.3) is 0 Å². The highest BCUT2D eigenvalue weighted by Crippen LogP contribution is 2.32. The lowest BCUT2D eigenvalue weighted by molar-refractivity contribution is 0.262. The number of hydrogen-bond acceptors (Lipinski definition) is 5. The number of ether oxygens (including phenoxy) is 2. The molecule has 3 aromatic rings. The number of urea groups is 1. The number of carbonyl (C=O) groups excluding carboxylic acids is 1. The minimum Gasteiger partial charge on any atom is -0.490 e. The molecule has 0 aliphatic carbocycles. The molecule has 9 heteroatoms. The van der Waals surface area contributed by atoms with E-state index in [1.807, 2.05) is 31.2 Å². The Morgan fingerprint density at radius 3 is 2.00 bits per heavy atom. The van der Waals surface area contributed by atoms with Crippen LogP contribution in [-0.2, 0) is 10.0 Å². The molecular formula is C23H23N3O5S. The number of rotatable bonds is 5. The Kier molecular flexibility index (Phi) is 6.18. The Morgan fingerprint density at radius 1 is 0.781 bits per heavy atom. The third-order valence-electron chi connectivity index (χ3n) is 4.73. The predicted octanol–water partition coefficient (Wildman–Crippen LogP) is 4.60. The molecule has 0 aromatic heterocycles. The molecule has 0 saturated heterocycles. The van der Waals surface area contributed by atoms with Gasteiger partial charge in [-0.05, 0) is 55.5 Å². The van der Waals surface area contributed by atoms with Gasteiger partial charge < -0.3 is 20.1 Å². The van der Waals surface area contributed by atoms with E-state index in [1.165, 1.54) is 12.1 Å². The smallest absolute Gasteiger partial charge is 0.323 e. The third kappa shape index (κ3) is 5.30. The quantitative estimate of drug-likeness (QED) is 0.524. The molecule has 8 nitrogen and oxygen atoms in total. The molecule has 166 valence electrons. The Morgan fingerprint density at radius 2 is 1.34 bits per heavy atom. The van der Waals surface area contributed by atoms with Crippen LogP contribution in [0.2, 0.25) is 0 Å². The van der Waals surface area contributed by atoms with E-state index in [0.717, 1.165) is 12.0 Å². The van der Waals surface area contributed by atoms with Crippen molar-refractivity contribution in [2.24, 2.45) is 0 Å². The number of nitrogens with one attached hydrogen (secondary N) is 3. The van der Waals surface area contributed by atoms with E-state index in [1.54, 1.807) is 30.3 Å². The lowest BCUT2D eigenvalue weighted by atomic mass is 10.2. The van der Waals surface area contributed by atoms with Crippen molar-refractivity contribution >= 4 is 33.1 Å². The summed E-state index contributed by atoms with van der Waals surface area (Å²) < 4.78 is 39.2. The summed E-state index contributed by atoms with van der Waals surface area (Å²) in [6.07, 6.45) is 0.735. The standard InChI is InChI=1S/C23H23N3O5S/c1-16-3-5-17(6-4-16)24-23(27)25-18-7-9-19(10-8-18)26-32(28,29)20-11-12-21-22(15-20)31-14-2-13-30-21/h3-12,15,26H,2,13-14H2,1H3,(H2,24,25,27). The molecule has 3 N–H and O–H groups in total. The minimum absolute atomic E-state index is 0.0708. The molecule has 0 fully saturated rings. The first-order valence-electron chi connectivity index (χ1n) is 10.1. The van der Waals surface area contributed by atoms with Crippen molar-refractivity contribution in [2.75, 3.05) is 28.6 Å². The topological polar surface area (TPSA) is 106 Å². The predicted molar refractivity (Wildman–Crippen MR) is 123 cm³/mol. The monoisotopic (exact) mass is 453 g/mol. The van der Waals surface area contributed by atoms with Crippen molar-refractivity contribution in [3.8, 4) is 11.5 Å². The van der Waals surface area contributed by atoms with Crippen LogP contribution in [-0.4, -0.2) is 27.7 Å². The molecule has 1 aliphatic rings. The molecule has 0 spiro atoms. The number of fused-ring (bicyclic) bond motifs is 1. The molecule has 0 saturated carbocycles. The second-order valence-corrected chi connectivity index (χ2v) is 8.97. The van der Waals surface area contributed by atoms with Gasteiger partial charge in [-0.2, -0.15) is 0 Å². The highest BCUT2D eigenvalue weighted by molar-refractivity contribution is 7.92. The molecule has 1 heterocycles. The van der Waals surface area contributed by atoms with Gasteiger partial charge in [-0.3, -0.25) is 4.72 Å². The van der Waals surface area contributed by atoms with E-state index in [0.29, 0.717) is 41.8 Å². The molecule has 32 heavy (non-hydrogen) atoms. The summed E-state index contributed by atoms with van der Waals surface area (Å²) in [4.78, 5) is 12.2. The van der Waals surface area contributed by atoms with Gasteiger partial charge in [0.2, 0.25) is 0 Å². The largest absolute Gasteiger partial charge is 0.490 e. The summed E-state index contributed by atoms with van der Waals surface area (Å²) in [5.41, 5.74) is 2.66. The van der Waals surface area contributed by atoms with Crippen molar-refractivity contribution in [1.29, 1.82) is 0 Å². The van der Waals surface area contributed by atoms with Gasteiger partial charge in [-0.15, -0.1) is 0 Å². The van der Waals surface area contributed by atoms with E-state index in [4.69, 9.17) is 9.47 Å². The maximum atomic E-state index is 12.8. The SMILES string of the molecule is Cc1ccc(NC(=O)Nc2ccc(NS(=O)(=O)c3ccc4c(c3)OCCCO4)cc2)cc1. The fraction of sp³-hybridized carbons (Fsp3) is 0.174. The second kappa shape index (κ2) is 9.19. The Labute approximate surface area is 186 Å². The number of amides is 2. The van der Waals surface area contributed by atoms with Crippen LogP contribution in [0, 0.1) is 6.92 Å². The number of hydrogen-bond donors (Lipinski definition) is 3. The van der Waals surface area contributed by atoms with Crippen LogP contribution in [0.1, 0.15) is 12.0 Å². The van der Waals surface area contributed by atoms with Crippen molar-refractivity contribution in [3.63, 3.8) is 0 Å². The van der Waals surface area contributed by atoms with Gasteiger partial charge in [0.05, 0.1) is 18.1 Å². The summed E-state index contributed by atoms with van der Waals surface area (Å²) in [7, 11) is -3.82. The first-order chi connectivity index (χ1) is 15.4. The van der Waals surface area contributed by atoms with Crippen LogP contribution in [0.4, 0.5) is 21.9 Å². The van der Waals surface area contributed by atoms with Gasteiger partial charge in [-0.1, -0.05) is 17.7 Å². The molecule has 3 aromatic carbocycles. The molecule has 0 atom stereocenters. The number of benzene rings is 3. The fourth-order valence-electron chi connectivity index (χ4n) is 3.08. The zero-order valence-corrected chi connectivity index (χ0v) is 18.2. The Bertz CT molecular complexity index is 1210. The van der Waals surface area contributed by atoms with Crippen LogP contribution >= 0.6 is 0 Å².